The summed E-state index contributed by atoms with van der Waals surface area (Å²) in [5.41, 5.74) is 2.98. The summed E-state index contributed by atoms with van der Waals surface area (Å²) in [4.78, 5) is 34.3. The highest BCUT2D eigenvalue weighted by molar-refractivity contribution is 8.18. The lowest BCUT2D eigenvalue weighted by atomic mass is 10.1. The maximum atomic E-state index is 12.9. The van der Waals surface area contributed by atoms with Crippen LogP contribution in [0.2, 0.25) is 5.02 Å². The van der Waals surface area contributed by atoms with Crippen LogP contribution in [0.5, 0.6) is 5.75 Å². The van der Waals surface area contributed by atoms with Crippen LogP contribution < -0.4 is 4.74 Å². The zero-order valence-corrected chi connectivity index (χ0v) is 22.4. The molecular weight excluding hydrogens is 522 g/mol. The summed E-state index contributed by atoms with van der Waals surface area (Å²) < 4.78 is 11.2. The fourth-order valence-corrected chi connectivity index (χ4v) is 5.18. The van der Waals surface area contributed by atoms with Crippen LogP contribution in [-0.2, 0) is 16.1 Å². The standard InChI is InChI=1S/C29H26ClN3O4S/c1-32-28(35)26(17-20-9-11-24(12-10-20)37-19-22-5-2-3-8-25(22)30)38-29(32)31-23-7-4-6-21(18-23)27(34)33-13-15-36-16-14-33/h2-12,17-18H,13-16,19H2,1H3/b26-17+,31-29?. The van der Waals surface area contributed by atoms with Crippen molar-refractivity contribution < 1.29 is 19.1 Å². The van der Waals surface area contributed by atoms with E-state index in [1.54, 1.807) is 30.1 Å². The molecule has 0 spiro atoms. The normalized spacial score (nSPS) is 17.9. The number of benzene rings is 3. The number of carbonyl (C=O) groups excluding carboxylic acids is 2. The molecule has 0 aromatic heterocycles. The third-order valence-corrected chi connectivity index (χ3v) is 7.58. The van der Waals surface area contributed by atoms with Crippen LogP contribution >= 0.6 is 23.4 Å². The van der Waals surface area contributed by atoms with E-state index in [9.17, 15) is 9.59 Å². The molecule has 0 radical (unpaired) electrons. The van der Waals surface area contributed by atoms with Crippen molar-refractivity contribution >= 4 is 52.1 Å². The van der Waals surface area contributed by atoms with Crippen molar-refractivity contribution in [2.45, 2.75) is 6.61 Å². The Hall–Kier alpha value is -3.59. The predicted molar refractivity (Wildman–Crippen MR) is 151 cm³/mol. The van der Waals surface area contributed by atoms with E-state index in [-0.39, 0.29) is 11.8 Å². The SMILES string of the molecule is CN1C(=O)/C(=C\c2ccc(OCc3ccccc3Cl)cc2)SC1=Nc1cccc(C(=O)N2CCOCC2)c1. The van der Waals surface area contributed by atoms with Gasteiger partial charge in [-0.2, -0.15) is 0 Å². The van der Waals surface area contributed by atoms with E-state index in [0.29, 0.717) is 65.0 Å². The lowest BCUT2D eigenvalue weighted by Gasteiger charge is -2.26. The molecule has 194 valence electrons. The maximum Gasteiger partial charge on any atom is 0.266 e. The molecule has 7 nitrogen and oxygen atoms in total. The molecular formula is C29H26ClN3O4S. The molecule has 9 heteroatoms. The zero-order chi connectivity index (χ0) is 26.5. The fraction of sp³-hybridized carbons (Fsp3) is 0.207. The van der Waals surface area contributed by atoms with Gasteiger partial charge in [0.25, 0.3) is 11.8 Å². The van der Waals surface area contributed by atoms with Gasteiger partial charge in [-0.05, 0) is 59.8 Å². The van der Waals surface area contributed by atoms with Crippen LogP contribution in [0.4, 0.5) is 5.69 Å². The van der Waals surface area contributed by atoms with Gasteiger partial charge in [-0.25, -0.2) is 4.99 Å². The quantitative estimate of drug-likeness (QED) is 0.374. The molecule has 2 aliphatic heterocycles. The van der Waals surface area contributed by atoms with Gasteiger partial charge in [0.2, 0.25) is 0 Å². The molecule has 3 aromatic carbocycles. The molecule has 2 amide bonds. The van der Waals surface area contributed by atoms with Gasteiger partial charge >= 0.3 is 0 Å². The number of aliphatic imine (C=N–C) groups is 1. The number of carbonyl (C=O) groups is 2. The highest BCUT2D eigenvalue weighted by atomic mass is 35.5. The second-order valence-corrected chi connectivity index (χ2v) is 10.2. The Morgan fingerprint density at radius 3 is 2.61 bits per heavy atom. The molecule has 0 atom stereocenters. The van der Waals surface area contributed by atoms with E-state index in [1.807, 2.05) is 60.7 Å². The van der Waals surface area contributed by atoms with E-state index < -0.39 is 0 Å². The van der Waals surface area contributed by atoms with Crippen molar-refractivity contribution in [2.75, 3.05) is 33.4 Å². The number of hydrogen-bond donors (Lipinski definition) is 0. The molecule has 0 N–H and O–H groups in total. The van der Waals surface area contributed by atoms with Crippen molar-refractivity contribution in [1.29, 1.82) is 0 Å². The number of thioether (sulfide) groups is 1. The fourth-order valence-electron chi connectivity index (χ4n) is 4.01. The maximum absolute atomic E-state index is 12.9. The van der Waals surface area contributed by atoms with Crippen molar-refractivity contribution in [3.63, 3.8) is 0 Å². The van der Waals surface area contributed by atoms with Crippen molar-refractivity contribution in [2.24, 2.45) is 4.99 Å². The summed E-state index contributed by atoms with van der Waals surface area (Å²) in [5, 5.41) is 1.22. The molecule has 0 unspecified atom stereocenters. The molecule has 2 saturated heterocycles. The van der Waals surface area contributed by atoms with Crippen molar-refractivity contribution in [3.8, 4) is 5.75 Å². The van der Waals surface area contributed by atoms with Gasteiger partial charge in [0.05, 0.1) is 23.8 Å². The van der Waals surface area contributed by atoms with E-state index in [2.05, 4.69) is 4.99 Å². The lowest BCUT2D eigenvalue weighted by Crippen LogP contribution is -2.40. The Labute approximate surface area is 230 Å². The zero-order valence-electron chi connectivity index (χ0n) is 20.8. The number of amidine groups is 1. The van der Waals surface area contributed by atoms with Gasteiger partial charge in [0.1, 0.15) is 12.4 Å². The minimum absolute atomic E-state index is 0.0428. The lowest BCUT2D eigenvalue weighted by molar-refractivity contribution is -0.121. The third kappa shape index (κ3) is 6.10. The Kier molecular flexibility index (Phi) is 8.12. The second kappa shape index (κ2) is 11.9. The molecule has 38 heavy (non-hydrogen) atoms. The molecule has 3 aromatic rings. The Bertz CT molecular complexity index is 1400. The van der Waals surface area contributed by atoms with Crippen LogP contribution in [0.25, 0.3) is 6.08 Å². The van der Waals surface area contributed by atoms with Crippen LogP contribution in [0.1, 0.15) is 21.5 Å². The number of ether oxygens (including phenoxy) is 2. The first-order valence-electron chi connectivity index (χ1n) is 12.2. The molecule has 0 aliphatic carbocycles. The summed E-state index contributed by atoms with van der Waals surface area (Å²) in [6, 6.07) is 22.3. The predicted octanol–water partition coefficient (Wildman–Crippen LogP) is 5.63. The third-order valence-electron chi connectivity index (χ3n) is 6.15. The number of hydrogen-bond acceptors (Lipinski definition) is 6. The van der Waals surface area contributed by atoms with E-state index >= 15 is 0 Å². The van der Waals surface area contributed by atoms with Gasteiger partial charge < -0.3 is 14.4 Å². The summed E-state index contributed by atoms with van der Waals surface area (Å²) in [6.45, 7) is 2.62. The van der Waals surface area contributed by atoms with Gasteiger partial charge in [-0.1, -0.05) is 48.0 Å². The average Bonchev–Trinajstić information content (AvgIpc) is 3.21. The van der Waals surface area contributed by atoms with E-state index in [0.717, 1.165) is 11.1 Å². The van der Waals surface area contributed by atoms with Crippen LogP contribution in [-0.4, -0.2) is 60.1 Å². The molecule has 0 bridgehead atoms. The Morgan fingerprint density at radius 2 is 1.84 bits per heavy atom. The smallest absolute Gasteiger partial charge is 0.266 e. The monoisotopic (exact) mass is 547 g/mol. The van der Waals surface area contributed by atoms with Gasteiger partial charge in [-0.3, -0.25) is 14.5 Å². The minimum atomic E-state index is -0.131. The summed E-state index contributed by atoms with van der Waals surface area (Å²) in [7, 11) is 1.70. The van der Waals surface area contributed by atoms with Crippen LogP contribution in [0.3, 0.4) is 0 Å². The van der Waals surface area contributed by atoms with E-state index in [4.69, 9.17) is 21.1 Å². The van der Waals surface area contributed by atoms with Crippen molar-refractivity contribution in [3.05, 3.63) is 99.4 Å². The Morgan fingerprint density at radius 1 is 1.08 bits per heavy atom. The number of morpholine rings is 1. The number of rotatable bonds is 6. The minimum Gasteiger partial charge on any atom is -0.489 e. The average molecular weight is 548 g/mol. The summed E-state index contributed by atoms with van der Waals surface area (Å²) in [6.07, 6.45) is 1.84. The molecule has 2 fully saturated rings. The topological polar surface area (TPSA) is 71.4 Å². The molecule has 0 saturated carbocycles. The van der Waals surface area contributed by atoms with E-state index in [1.165, 1.54) is 16.7 Å². The highest BCUT2D eigenvalue weighted by Gasteiger charge is 2.30. The van der Waals surface area contributed by atoms with Crippen LogP contribution in [0, 0.1) is 0 Å². The first kappa shape index (κ1) is 26.0. The summed E-state index contributed by atoms with van der Waals surface area (Å²) in [5.74, 6) is 0.537. The number of amides is 2. The van der Waals surface area contributed by atoms with Gasteiger partial charge in [-0.15, -0.1) is 0 Å². The van der Waals surface area contributed by atoms with Gasteiger partial charge in [0, 0.05) is 36.3 Å². The number of halogens is 1. The second-order valence-electron chi connectivity index (χ2n) is 8.77. The number of nitrogens with zero attached hydrogens (tertiary/aromatic N) is 3. The highest BCUT2D eigenvalue weighted by Crippen LogP contribution is 2.33. The molecule has 2 heterocycles. The van der Waals surface area contributed by atoms with Gasteiger partial charge in [0.15, 0.2) is 5.17 Å². The first-order valence-corrected chi connectivity index (χ1v) is 13.4. The van der Waals surface area contributed by atoms with Crippen LogP contribution in [0.15, 0.2) is 82.7 Å². The summed E-state index contributed by atoms with van der Waals surface area (Å²) >= 11 is 7.50. The number of likely N-dealkylation sites (N-methyl/N-ethyl adjacent to an activating group) is 1. The molecule has 2 aliphatic rings. The van der Waals surface area contributed by atoms with Crippen molar-refractivity contribution in [1.82, 2.24) is 9.80 Å². The largest absolute Gasteiger partial charge is 0.489 e. The Balaban J connectivity index is 1.26. The first-order chi connectivity index (χ1) is 18.5. The molecule has 5 rings (SSSR count).